The average Bonchev–Trinajstić information content (AvgIpc) is 2.86. The van der Waals surface area contributed by atoms with Crippen molar-refractivity contribution in [3.63, 3.8) is 0 Å². The lowest BCUT2D eigenvalue weighted by Crippen LogP contribution is -2.01. The third kappa shape index (κ3) is 2.24. The Labute approximate surface area is 106 Å². The van der Waals surface area contributed by atoms with E-state index in [1.54, 1.807) is 10.9 Å². The van der Waals surface area contributed by atoms with Crippen molar-refractivity contribution in [2.45, 2.75) is 33.4 Å². The Morgan fingerprint density at radius 1 is 1.44 bits per heavy atom. The molecule has 2 N–H and O–H groups in total. The summed E-state index contributed by atoms with van der Waals surface area (Å²) in [7, 11) is 1.84. The molecule has 0 aliphatic carbocycles. The van der Waals surface area contributed by atoms with Gasteiger partial charge < -0.3 is 10.5 Å². The molecular weight excluding hydrogens is 230 g/mol. The van der Waals surface area contributed by atoms with Crippen molar-refractivity contribution in [1.82, 2.24) is 19.6 Å². The summed E-state index contributed by atoms with van der Waals surface area (Å²) in [6, 6.07) is 0.310. The summed E-state index contributed by atoms with van der Waals surface area (Å²) in [6.07, 6.45) is 3.57. The van der Waals surface area contributed by atoms with Gasteiger partial charge in [-0.15, -0.1) is 0 Å². The van der Waals surface area contributed by atoms with Crippen LogP contribution in [0.3, 0.4) is 0 Å². The standard InChI is InChI=1S/C12H19N5O/c1-8(2)17-7-10(6-14-17)18-12-11(5-13)9(3)15-16(12)4/h6-8H,5,13H2,1-4H3. The van der Waals surface area contributed by atoms with E-state index < -0.39 is 0 Å². The molecule has 18 heavy (non-hydrogen) atoms. The molecule has 0 amide bonds. The van der Waals surface area contributed by atoms with E-state index in [4.69, 9.17) is 10.5 Å². The van der Waals surface area contributed by atoms with E-state index in [0.717, 1.165) is 11.3 Å². The molecule has 0 aromatic carbocycles. The summed E-state index contributed by atoms with van der Waals surface area (Å²) in [6.45, 7) is 6.46. The average molecular weight is 249 g/mol. The van der Waals surface area contributed by atoms with E-state index in [2.05, 4.69) is 24.0 Å². The number of rotatable bonds is 4. The number of nitrogens with zero attached hydrogens (tertiary/aromatic N) is 4. The van der Waals surface area contributed by atoms with Crippen molar-refractivity contribution >= 4 is 0 Å². The molecule has 0 spiro atoms. The second kappa shape index (κ2) is 4.81. The Kier molecular flexibility index (Phi) is 3.38. The van der Waals surface area contributed by atoms with Gasteiger partial charge in [0.2, 0.25) is 5.88 Å². The Morgan fingerprint density at radius 2 is 2.17 bits per heavy atom. The summed E-state index contributed by atoms with van der Waals surface area (Å²) in [5.74, 6) is 1.37. The molecule has 0 aliphatic rings. The normalized spacial score (nSPS) is 11.2. The van der Waals surface area contributed by atoms with Crippen LogP contribution in [-0.4, -0.2) is 19.6 Å². The number of hydrogen-bond acceptors (Lipinski definition) is 4. The Balaban J connectivity index is 2.27. The van der Waals surface area contributed by atoms with E-state index in [9.17, 15) is 0 Å². The van der Waals surface area contributed by atoms with Gasteiger partial charge in [-0.25, -0.2) is 4.68 Å². The molecule has 2 aromatic rings. The number of aryl methyl sites for hydroxylation is 2. The van der Waals surface area contributed by atoms with Crippen molar-refractivity contribution in [2.75, 3.05) is 0 Å². The molecule has 0 unspecified atom stereocenters. The van der Waals surface area contributed by atoms with E-state index in [0.29, 0.717) is 24.2 Å². The molecular formula is C12H19N5O. The maximum absolute atomic E-state index is 5.82. The molecule has 6 nitrogen and oxygen atoms in total. The molecule has 2 heterocycles. The highest BCUT2D eigenvalue weighted by Gasteiger charge is 2.15. The highest BCUT2D eigenvalue weighted by Crippen LogP contribution is 2.26. The zero-order valence-electron chi connectivity index (χ0n) is 11.2. The summed E-state index contributed by atoms with van der Waals surface area (Å²) in [4.78, 5) is 0. The van der Waals surface area contributed by atoms with Crippen molar-refractivity contribution in [1.29, 1.82) is 0 Å². The molecule has 0 saturated carbocycles. The zero-order valence-corrected chi connectivity index (χ0v) is 11.2. The van der Waals surface area contributed by atoms with Crippen LogP contribution in [0, 0.1) is 6.92 Å². The molecule has 0 atom stereocenters. The van der Waals surface area contributed by atoms with Crippen molar-refractivity contribution in [3.8, 4) is 11.6 Å². The fourth-order valence-electron chi connectivity index (χ4n) is 1.81. The third-order valence-corrected chi connectivity index (χ3v) is 2.81. The van der Waals surface area contributed by atoms with E-state index in [1.807, 2.05) is 24.9 Å². The third-order valence-electron chi connectivity index (χ3n) is 2.81. The van der Waals surface area contributed by atoms with Crippen LogP contribution in [0.4, 0.5) is 0 Å². The second-order valence-electron chi connectivity index (χ2n) is 4.55. The van der Waals surface area contributed by atoms with Gasteiger partial charge in [0.15, 0.2) is 5.75 Å². The Hall–Kier alpha value is -1.82. The molecule has 2 rings (SSSR count). The molecule has 6 heteroatoms. The maximum Gasteiger partial charge on any atom is 0.222 e. The summed E-state index contributed by atoms with van der Waals surface area (Å²) < 4.78 is 9.37. The SMILES string of the molecule is Cc1nn(C)c(Oc2cnn(C(C)C)c2)c1CN. The molecule has 0 radical (unpaired) electrons. The highest BCUT2D eigenvalue weighted by atomic mass is 16.5. The lowest BCUT2D eigenvalue weighted by Gasteiger charge is -2.06. The molecule has 0 bridgehead atoms. The van der Waals surface area contributed by atoms with Crippen LogP contribution in [0.2, 0.25) is 0 Å². The minimum Gasteiger partial charge on any atom is -0.436 e. The first-order valence-corrected chi connectivity index (χ1v) is 5.97. The number of nitrogens with two attached hydrogens (primary N) is 1. The van der Waals surface area contributed by atoms with Crippen LogP contribution in [-0.2, 0) is 13.6 Å². The van der Waals surface area contributed by atoms with Gasteiger partial charge in [0, 0.05) is 19.6 Å². The number of hydrogen-bond donors (Lipinski definition) is 1. The number of ether oxygens (including phenoxy) is 1. The van der Waals surface area contributed by atoms with Crippen molar-refractivity contribution < 1.29 is 4.74 Å². The van der Waals surface area contributed by atoms with Crippen LogP contribution in [0.25, 0.3) is 0 Å². The van der Waals surface area contributed by atoms with Crippen LogP contribution in [0.1, 0.15) is 31.1 Å². The number of aromatic nitrogens is 4. The first-order chi connectivity index (χ1) is 8.52. The van der Waals surface area contributed by atoms with Crippen LogP contribution >= 0.6 is 0 Å². The zero-order chi connectivity index (χ0) is 13.3. The van der Waals surface area contributed by atoms with Gasteiger partial charge in [-0.05, 0) is 20.8 Å². The largest absolute Gasteiger partial charge is 0.436 e. The Bertz CT molecular complexity index is 541. The predicted molar refractivity (Wildman–Crippen MR) is 68.5 cm³/mol. The Morgan fingerprint density at radius 3 is 2.72 bits per heavy atom. The van der Waals surface area contributed by atoms with Gasteiger partial charge in [0.05, 0.1) is 23.7 Å². The van der Waals surface area contributed by atoms with Gasteiger partial charge >= 0.3 is 0 Å². The van der Waals surface area contributed by atoms with Crippen LogP contribution < -0.4 is 10.5 Å². The van der Waals surface area contributed by atoms with Gasteiger partial charge in [0.1, 0.15) is 0 Å². The first kappa shape index (κ1) is 12.6. The van der Waals surface area contributed by atoms with E-state index >= 15 is 0 Å². The predicted octanol–water partition coefficient (Wildman–Crippen LogP) is 1.76. The molecule has 98 valence electrons. The van der Waals surface area contributed by atoms with Gasteiger partial charge in [-0.1, -0.05) is 0 Å². The fraction of sp³-hybridized carbons (Fsp3) is 0.500. The van der Waals surface area contributed by atoms with Gasteiger partial charge in [0.25, 0.3) is 0 Å². The minimum absolute atomic E-state index is 0.310. The summed E-state index contributed by atoms with van der Waals surface area (Å²) >= 11 is 0. The summed E-state index contributed by atoms with van der Waals surface area (Å²) in [5, 5.41) is 8.54. The fourth-order valence-corrected chi connectivity index (χ4v) is 1.81. The molecule has 0 saturated heterocycles. The first-order valence-electron chi connectivity index (χ1n) is 5.97. The van der Waals surface area contributed by atoms with Crippen molar-refractivity contribution in [2.24, 2.45) is 12.8 Å². The highest BCUT2D eigenvalue weighted by molar-refractivity contribution is 5.34. The van der Waals surface area contributed by atoms with E-state index in [-0.39, 0.29) is 0 Å². The van der Waals surface area contributed by atoms with Crippen molar-refractivity contribution in [3.05, 3.63) is 23.7 Å². The topological polar surface area (TPSA) is 70.9 Å². The quantitative estimate of drug-likeness (QED) is 0.896. The van der Waals surface area contributed by atoms with Crippen LogP contribution in [0.15, 0.2) is 12.4 Å². The maximum atomic E-state index is 5.82. The van der Waals surface area contributed by atoms with Gasteiger partial charge in [-0.2, -0.15) is 10.2 Å². The smallest absolute Gasteiger partial charge is 0.222 e. The summed E-state index contributed by atoms with van der Waals surface area (Å²) in [5.41, 5.74) is 7.54. The molecule has 2 aromatic heterocycles. The lowest BCUT2D eigenvalue weighted by atomic mass is 10.2. The monoisotopic (exact) mass is 249 g/mol. The molecule has 0 aliphatic heterocycles. The minimum atomic E-state index is 0.310. The second-order valence-corrected chi connectivity index (χ2v) is 4.55. The molecule has 0 fully saturated rings. The lowest BCUT2D eigenvalue weighted by molar-refractivity contribution is 0.424. The van der Waals surface area contributed by atoms with E-state index in [1.165, 1.54) is 0 Å². The van der Waals surface area contributed by atoms with Gasteiger partial charge in [-0.3, -0.25) is 4.68 Å². The van der Waals surface area contributed by atoms with Crippen LogP contribution in [0.5, 0.6) is 11.6 Å².